The largest absolute Gasteiger partial charge is 0.467 e. The third-order valence-electron chi connectivity index (χ3n) is 8.59. The third kappa shape index (κ3) is 8.18. The van der Waals surface area contributed by atoms with Crippen molar-refractivity contribution < 1.29 is 45.8 Å². The number of hydrogen-bond donors (Lipinski definition) is 1. The van der Waals surface area contributed by atoms with Crippen LogP contribution in [0.15, 0.2) is 70.4 Å². The maximum atomic E-state index is 15.5. The monoisotopic (exact) mass is 745 g/mol. The standard InChI is InChI=1S/C36H36F5N5O7/c1-35(2,3)53-34(51)44-14-15-45(28(19-44)36(39,40)41)21-17-24(37)30(25(38)18-21)31(48)42-26(32(49)52-5)16-20-8-6-10-23-22(20)9-7-11-27(23)46-29(47)12-13-43(4)33(46)50/h6-13,17-18,26,28H,14-16,19H2,1-5H3,(H,42,48)/t26-,28+/m0/s1. The van der Waals surface area contributed by atoms with Crippen LogP contribution >= 0.6 is 0 Å². The zero-order valence-corrected chi connectivity index (χ0v) is 29.3. The van der Waals surface area contributed by atoms with Crippen LogP contribution in [0.1, 0.15) is 36.7 Å². The van der Waals surface area contributed by atoms with Crippen LogP contribution in [-0.2, 0) is 27.7 Å². The molecule has 2 amide bonds. The molecule has 1 saturated heterocycles. The summed E-state index contributed by atoms with van der Waals surface area (Å²) in [5, 5.41) is 3.20. The molecular weight excluding hydrogens is 709 g/mol. The van der Waals surface area contributed by atoms with E-state index in [0.717, 1.165) is 16.6 Å². The van der Waals surface area contributed by atoms with Gasteiger partial charge in [-0.25, -0.2) is 27.7 Å². The zero-order chi connectivity index (χ0) is 39.0. The van der Waals surface area contributed by atoms with Gasteiger partial charge in [-0.2, -0.15) is 13.2 Å². The smallest absolute Gasteiger partial charge is 0.410 e. The predicted molar refractivity (Wildman–Crippen MR) is 183 cm³/mol. The Morgan fingerprint density at radius 2 is 1.58 bits per heavy atom. The van der Waals surface area contributed by atoms with E-state index >= 15 is 8.78 Å². The van der Waals surface area contributed by atoms with E-state index in [1.54, 1.807) is 57.2 Å². The number of benzene rings is 3. The second kappa shape index (κ2) is 14.7. The Morgan fingerprint density at radius 1 is 0.943 bits per heavy atom. The van der Waals surface area contributed by atoms with Crippen molar-refractivity contribution in [2.75, 3.05) is 31.6 Å². The van der Waals surface area contributed by atoms with Crippen LogP contribution in [0.5, 0.6) is 0 Å². The van der Waals surface area contributed by atoms with Crippen LogP contribution in [0.25, 0.3) is 16.5 Å². The van der Waals surface area contributed by atoms with Crippen LogP contribution in [0.3, 0.4) is 0 Å². The average Bonchev–Trinajstić information content (AvgIpc) is 3.08. The Bertz CT molecular complexity index is 2170. The number of fused-ring (bicyclic) bond motifs is 1. The fraction of sp³-hybridized carbons (Fsp3) is 0.361. The first-order valence-corrected chi connectivity index (χ1v) is 16.3. The van der Waals surface area contributed by atoms with E-state index in [0.29, 0.717) is 33.4 Å². The van der Waals surface area contributed by atoms with Gasteiger partial charge in [-0.3, -0.25) is 9.59 Å². The van der Waals surface area contributed by atoms with Gasteiger partial charge in [0.1, 0.15) is 34.9 Å². The van der Waals surface area contributed by atoms with E-state index in [1.807, 2.05) is 0 Å². The first-order chi connectivity index (χ1) is 24.8. The van der Waals surface area contributed by atoms with Crippen LogP contribution in [0, 0.1) is 11.6 Å². The molecule has 12 nitrogen and oxygen atoms in total. The number of alkyl halides is 3. The SMILES string of the molecule is COC(=O)[C@H](Cc1cccc2c(-n3c(=O)ccn(C)c3=O)cccc12)NC(=O)c1c(F)cc(N2CCN(C(=O)OC(C)(C)C)C[C@@H]2C(F)(F)F)cc1F. The van der Waals surface area contributed by atoms with Crippen LogP contribution in [0.4, 0.5) is 32.4 Å². The molecule has 0 aliphatic carbocycles. The molecule has 0 radical (unpaired) electrons. The van der Waals surface area contributed by atoms with E-state index in [4.69, 9.17) is 9.47 Å². The molecule has 1 aromatic heterocycles. The maximum absolute atomic E-state index is 15.5. The number of nitrogens with one attached hydrogen (secondary N) is 1. The molecule has 53 heavy (non-hydrogen) atoms. The lowest BCUT2D eigenvalue weighted by Gasteiger charge is -2.43. The van der Waals surface area contributed by atoms with Crippen molar-refractivity contribution in [1.29, 1.82) is 0 Å². The number of rotatable bonds is 7. The molecule has 0 saturated carbocycles. The van der Waals surface area contributed by atoms with E-state index in [2.05, 4.69) is 5.32 Å². The van der Waals surface area contributed by atoms with Gasteiger partial charge >= 0.3 is 23.9 Å². The zero-order valence-electron chi connectivity index (χ0n) is 29.3. The highest BCUT2D eigenvalue weighted by Gasteiger charge is 2.48. The number of methoxy groups -OCH3 is 1. The molecule has 0 bridgehead atoms. The van der Waals surface area contributed by atoms with Gasteiger partial charge in [-0.1, -0.05) is 30.3 Å². The van der Waals surface area contributed by atoms with E-state index in [9.17, 15) is 37.1 Å². The number of carbonyl (C=O) groups excluding carboxylic acids is 3. The first kappa shape index (κ1) is 38.5. The molecule has 5 rings (SSSR count). The number of carbonyl (C=O) groups is 3. The minimum Gasteiger partial charge on any atom is -0.467 e. The van der Waals surface area contributed by atoms with Gasteiger partial charge in [0, 0.05) is 49.9 Å². The number of aromatic nitrogens is 2. The molecule has 17 heteroatoms. The van der Waals surface area contributed by atoms with E-state index in [1.165, 1.54) is 23.9 Å². The van der Waals surface area contributed by atoms with Crippen molar-refractivity contribution >= 4 is 34.4 Å². The number of aryl methyl sites for hydroxylation is 1. The number of nitrogens with zero attached hydrogens (tertiary/aromatic N) is 4. The van der Waals surface area contributed by atoms with Crippen molar-refractivity contribution in [3.8, 4) is 5.69 Å². The summed E-state index contributed by atoms with van der Waals surface area (Å²) in [5.74, 6) is -5.36. The van der Waals surface area contributed by atoms with Crippen molar-refractivity contribution in [3.05, 3.63) is 104 Å². The molecule has 4 aromatic rings. The second-order valence-electron chi connectivity index (χ2n) is 13.4. The Kier molecular flexibility index (Phi) is 10.7. The molecule has 0 spiro atoms. The summed E-state index contributed by atoms with van der Waals surface area (Å²) in [7, 11) is 2.52. The number of hydrogen-bond acceptors (Lipinski definition) is 8. The molecule has 2 heterocycles. The molecule has 1 fully saturated rings. The van der Waals surface area contributed by atoms with Crippen molar-refractivity contribution in [1.82, 2.24) is 19.4 Å². The molecule has 1 N–H and O–H groups in total. The maximum Gasteiger partial charge on any atom is 0.410 e. The lowest BCUT2D eigenvalue weighted by molar-refractivity contribution is -0.155. The van der Waals surface area contributed by atoms with Gasteiger partial charge in [-0.05, 0) is 49.9 Å². The summed E-state index contributed by atoms with van der Waals surface area (Å²) < 4.78 is 85.9. The van der Waals surface area contributed by atoms with Crippen molar-refractivity contribution in [3.63, 3.8) is 0 Å². The minimum absolute atomic E-state index is 0.248. The van der Waals surface area contributed by atoms with Crippen LogP contribution < -0.4 is 21.5 Å². The molecule has 2 atom stereocenters. The van der Waals surface area contributed by atoms with Gasteiger partial charge < -0.3 is 29.2 Å². The number of ether oxygens (including phenoxy) is 2. The highest BCUT2D eigenvalue weighted by molar-refractivity contribution is 5.98. The second-order valence-corrected chi connectivity index (χ2v) is 13.4. The Hall–Kier alpha value is -5.74. The molecule has 282 valence electrons. The Labute approximate surface area is 299 Å². The topological polar surface area (TPSA) is 132 Å². The number of halogens is 5. The van der Waals surface area contributed by atoms with E-state index in [-0.39, 0.29) is 18.7 Å². The number of anilines is 1. The predicted octanol–water partition coefficient (Wildman–Crippen LogP) is 4.47. The molecular formula is C36H36F5N5O7. The summed E-state index contributed by atoms with van der Waals surface area (Å²) in [6.45, 7) is 3.08. The molecule has 1 aliphatic heterocycles. The number of amides is 2. The number of piperazine rings is 1. The summed E-state index contributed by atoms with van der Waals surface area (Å²) in [6, 6.07) is 8.15. The van der Waals surface area contributed by atoms with Gasteiger partial charge in [0.15, 0.2) is 0 Å². The number of esters is 1. The summed E-state index contributed by atoms with van der Waals surface area (Å²) >= 11 is 0. The third-order valence-corrected chi connectivity index (χ3v) is 8.59. The van der Waals surface area contributed by atoms with Crippen LogP contribution in [-0.4, -0.2) is 82.6 Å². The first-order valence-electron chi connectivity index (χ1n) is 16.3. The summed E-state index contributed by atoms with van der Waals surface area (Å²) in [5.41, 5.74) is -3.16. The normalized spacial score (nSPS) is 15.6. The summed E-state index contributed by atoms with van der Waals surface area (Å²) in [6.07, 6.45) is -4.84. The highest BCUT2D eigenvalue weighted by atomic mass is 19.4. The van der Waals surface area contributed by atoms with Gasteiger partial charge in [-0.15, -0.1) is 0 Å². The molecule has 1 aliphatic rings. The van der Waals surface area contributed by atoms with Gasteiger partial charge in [0.2, 0.25) is 0 Å². The van der Waals surface area contributed by atoms with Crippen LogP contribution in [0.2, 0.25) is 0 Å². The Balaban J connectivity index is 1.42. The molecule has 3 aromatic carbocycles. The summed E-state index contributed by atoms with van der Waals surface area (Å²) in [4.78, 5) is 65.8. The fourth-order valence-electron chi connectivity index (χ4n) is 6.11. The lowest BCUT2D eigenvalue weighted by Crippen LogP contribution is -2.60. The van der Waals surface area contributed by atoms with Gasteiger partial charge in [0.05, 0.1) is 19.3 Å². The van der Waals surface area contributed by atoms with Gasteiger partial charge in [0.25, 0.3) is 11.5 Å². The van der Waals surface area contributed by atoms with E-state index < -0.39 is 89.1 Å². The lowest BCUT2D eigenvalue weighted by atomic mass is 9.97. The fourth-order valence-corrected chi connectivity index (χ4v) is 6.11. The Morgan fingerprint density at radius 3 is 2.21 bits per heavy atom. The molecule has 0 unspecified atom stereocenters. The van der Waals surface area contributed by atoms with Crippen molar-refractivity contribution in [2.45, 2.75) is 51.1 Å². The van der Waals surface area contributed by atoms with Crippen molar-refractivity contribution in [2.24, 2.45) is 7.05 Å². The highest BCUT2D eigenvalue weighted by Crippen LogP contribution is 2.34. The quantitative estimate of drug-likeness (QED) is 0.217. The minimum atomic E-state index is -4.92. The average molecular weight is 746 g/mol.